The van der Waals surface area contributed by atoms with E-state index in [2.05, 4.69) is 52.0 Å². The quantitative estimate of drug-likeness (QED) is 0.106. The van der Waals surface area contributed by atoms with Crippen molar-refractivity contribution in [2.45, 2.75) is 62.9 Å². The van der Waals surface area contributed by atoms with Crippen LogP contribution in [0.25, 0.3) is 0 Å². The molecular weight excluding hydrogens is 648 g/mol. The summed E-state index contributed by atoms with van der Waals surface area (Å²) in [6.45, 7) is 11.6. The maximum Gasteiger partial charge on any atom is 0.119 e. The van der Waals surface area contributed by atoms with Crippen molar-refractivity contribution >= 4 is 0 Å². The summed E-state index contributed by atoms with van der Waals surface area (Å²) in [7, 11) is 0. The number of benzene rings is 4. The van der Waals surface area contributed by atoms with Crippen LogP contribution in [0.15, 0.2) is 97.1 Å². The second-order valence-electron chi connectivity index (χ2n) is 14.3. The summed E-state index contributed by atoms with van der Waals surface area (Å²) < 4.78 is 39.1. The van der Waals surface area contributed by atoms with E-state index in [0.29, 0.717) is 24.7 Å². The van der Waals surface area contributed by atoms with Gasteiger partial charge in [0.05, 0.1) is 26.4 Å². The minimum atomic E-state index is -0.849. The lowest BCUT2D eigenvalue weighted by Crippen LogP contribution is -2.28. The van der Waals surface area contributed by atoms with Gasteiger partial charge >= 0.3 is 0 Å². The summed E-state index contributed by atoms with van der Waals surface area (Å²) in [6, 6.07) is 32.2. The fourth-order valence-corrected chi connectivity index (χ4v) is 5.73. The van der Waals surface area contributed by atoms with Crippen molar-refractivity contribution in [2.24, 2.45) is 0 Å². The molecule has 0 amide bonds. The highest BCUT2D eigenvalue weighted by Gasteiger charge is 2.26. The monoisotopic (exact) mass is 698 g/mol. The fraction of sp³-hybridized carbons (Fsp3) is 0.429. The van der Waals surface area contributed by atoms with Crippen LogP contribution in [0.2, 0.25) is 0 Å². The highest BCUT2D eigenvalue weighted by atomic mass is 16.6. The van der Waals surface area contributed by atoms with E-state index < -0.39 is 12.2 Å². The summed E-state index contributed by atoms with van der Waals surface area (Å²) >= 11 is 0. The molecule has 2 heterocycles. The molecule has 272 valence electrons. The maximum atomic E-state index is 10.4. The fourth-order valence-electron chi connectivity index (χ4n) is 5.73. The number of hydrogen-bond acceptors (Lipinski definition) is 9. The topological polar surface area (TPSA) is 112 Å². The molecule has 0 radical (unpaired) electrons. The van der Waals surface area contributed by atoms with Gasteiger partial charge < -0.3 is 43.4 Å². The molecule has 2 saturated heterocycles. The molecule has 0 spiro atoms. The van der Waals surface area contributed by atoms with Crippen molar-refractivity contribution in [3.8, 4) is 23.0 Å². The van der Waals surface area contributed by atoms with Gasteiger partial charge in [-0.3, -0.25) is 0 Å². The Balaban J connectivity index is 0.873. The number of aliphatic hydroxyl groups excluding tert-OH is 2. The van der Waals surface area contributed by atoms with Gasteiger partial charge in [-0.2, -0.15) is 0 Å². The van der Waals surface area contributed by atoms with Crippen molar-refractivity contribution in [3.63, 3.8) is 0 Å². The van der Waals surface area contributed by atoms with E-state index in [4.69, 9.17) is 33.2 Å². The van der Waals surface area contributed by atoms with Crippen molar-refractivity contribution in [1.29, 1.82) is 0 Å². The maximum absolute atomic E-state index is 10.4. The SMILES string of the molecule is CC(C)(c1ccc(OCC(O)COCC(O)COc2ccc(C(C)(C)c3ccc(OCC4CO4)cc3)cc2)cc1)c1ccc(OCC2CO2)cc1. The molecule has 4 atom stereocenters. The molecule has 0 saturated carbocycles. The van der Waals surface area contributed by atoms with E-state index in [1.54, 1.807) is 0 Å². The van der Waals surface area contributed by atoms with Crippen molar-refractivity contribution < 1.29 is 43.4 Å². The Morgan fingerprint density at radius 3 is 1.04 bits per heavy atom. The van der Waals surface area contributed by atoms with Gasteiger partial charge in [-0.15, -0.1) is 0 Å². The lowest BCUT2D eigenvalue weighted by Gasteiger charge is -2.26. The molecule has 51 heavy (non-hydrogen) atoms. The Labute approximate surface area is 301 Å². The van der Waals surface area contributed by atoms with Gasteiger partial charge in [0.1, 0.15) is 73.8 Å². The number of hydrogen-bond donors (Lipinski definition) is 2. The molecule has 0 bridgehead atoms. The van der Waals surface area contributed by atoms with Gasteiger partial charge in [0.25, 0.3) is 0 Å². The summed E-state index contributed by atoms with van der Waals surface area (Å²) in [4.78, 5) is 0. The molecule has 2 aliphatic heterocycles. The molecule has 9 heteroatoms. The molecule has 9 nitrogen and oxygen atoms in total. The molecular formula is C42H50O9. The largest absolute Gasteiger partial charge is 0.491 e. The molecule has 0 aliphatic carbocycles. The first-order valence-corrected chi connectivity index (χ1v) is 17.7. The number of ether oxygens (including phenoxy) is 7. The Bertz CT molecular complexity index is 1520. The number of rotatable bonds is 20. The van der Waals surface area contributed by atoms with E-state index in [0.717, 1.165) is 35.8 Å². The van der Waals surface area contributed by atoms with Crippen LogP contribution in [0.1, 0.15) is 49.9 Å². The van der Waals surface area contributed by atoms with Gasteiger partial charge in [-0.1, -0.05) is 76.2 Å². The predicted molar refractivity (Wildman–Crippen MR) is 194 cm³/mol. The molecule has 4 aromatic rings. The highest BCUT2D eigenvalue weighted by molar-refractivity contribution is 5.43. The molecule has 6 rings (SSSR count). The van der Waals surface area contributed by atoms with Crippen LogP contribution in [-0.4, -0.2) is 87.5 Å². The molecule has 2 fully saturated rings. The van der Waals surface area contributed by atoms with Crippen molar-refractivity contribution in [3.05, 3.63) is 119 Å². The molecule has 2 N–H and O–H groups in total. The van der Waals surface area contributed by atoms with E-state index in [1.165, 1.54) is 11.1 Å². The molecule has 4 unspecified atom stereocenters. The van der Waals surface area contributed by atoms with Gasteiger partial charge in [0.15, 0.2) is 0 Å². The standard InChI is InChI=1S/C42H50O9/c1-41(2,31-9-17-37(18-10-31)48-25-39-27-50-39)29-5-13-35(14-6-29)46-23-33(43)21-45-22-34(44)24-47-36-15-7-30(8-16-36)42(3,4)32-11-19-38(20-12-32)49-26-40-28-51-40/h5-20,33-34,39-40,43-44H,21-28H2,1-4H3. The first kappa shape index (κ1) is 36.7. The zero-order valence-corrected chi connectivity index (χ0v) is 30.0. The molecule has 4 aromatic carbocycles. The van der Waals surface area contributed by atoms with Crippen LogP contribution in [0.3, 0.4) is 0 Å². The normalized spacial score (nSPS) is 18.1. The van der Waals surface area contributed by atoms with Gasteiger partial charge in [0, 0.05) is 10.8 Å². The molecule has 2 aliphatic rings. The van der Waals surface area contributed by atoms with Gasteiger partial charge in [0.2, 0.25) is 0 Å². The van der Waals surface area contributed by atoms with Crippen molar-refractivity contribution in [1.82, 2.24) is 0 Å². The number of aliphatic hydroxyl groups is 2. The summed E-state index contributed by atoms with van der Waals surface area (Å²) in [5.74, 6) is 2.99. The zero-order valence-electron chi connectivity index (χ0n) is 30.0. The Morgan fingerprint density at radius 1 is 0.490 bits per heavy atom. The smallest absolute Gasteiger partial charge is 0.119 e. The minimum Gasteiger partial charge on any atom is -0.491 e. The Kier molecular flexibility index (Phi) is 11.8. The van der Waals surface area contributed by atoms with Crippen LogP contribution in [0.5, 0.6) is 23.0 Å². The predicted octanol–water partition coefficient (Wildman–Crippen LogP) is 6.09. The second-order valence-corrected chi connectivity index (χ2v) is 14.3. The first-order chi connectivity index (χ1) is 24.6. The van der Waals surface area contributed by atoms with Crippen LogP contribution >= 0.6 is 0 Å². The Morgan fingerprint density at radius 2 is 0.765 bits per heavy atom. The van der Waals surface area contributed by atoms with E-state index in [-0.39, 0.29) is 49.5 Å². The van der Waals surface area contributed by atoms with E-state index in [9.17, 15) is 10.2 Å². The van der Waals surface area contributed by atoms with Gasteiger partial charge in [-0.05, 0) is 70.8 Å². The van der Waals surface area contributed by atoms with Gasteiger partial charge in [-0.25, -0.2) is 0 Å². The second kappa shape index (κ2) is 16.5. The van der Waals surface area contributed by atoms with Crippen LogP contribution < -0.4 is 18.9 Å². The van der Waals surface area contributed by atoms with Crippen LogP contribution in [-0.2, 0) is 25.0 Å². The summed E-state index contributed by atoms with van der Waals surface area (Å²) in [5, 5.41) is 20.8. The van der Waals surface area contributed by atoms with Crippen molar-refractivity contribution in [2.75, 3.05) is 52.9 Å². The van der Waals surface area contributed by atoms with E-state index in [1.807, 2.05) is 72.8 Å². The van der Waals surface area contributed by atoms with Crippen LogP contribution in [0, 0.1) is 0 Å². The summed E-state index contributed by atoms with van der Waals surface area (Å²) in [6.07, 6.45) is -1.24. The number of epoxide rings is 2. The summed E-state index contributed by atoms with van der Waals surface area (Å²) in [5.41, 5.74) is 4.19. The van der Waals surface area contributed by atoms with Crippen LogP contribution in [0.4, 0.5) is 0 Å². The third kappa shape index (κ3) is 10.5. The zero-order chi connectivity index (χ0) is 35.8. The first-order valence-electron chi connectivity index (χ1n) is 17.7. The average Bonchev–Trinajstić information content (AvgIpc) is 4.09. The molecule has 0 aromatic heterocycles. The highest BCUT2D eigenvalue weighted by Crippen LogP contribution is 2.35. The Hall–Kier alpha value is -4.12. The third-order valence-corrected chi connectivity index (χ3v) is 9.49. The minimum absolute atomic E-state index is 0.0291. The lowest BCUT2D eigenvalue weighted by molar-refractivity contribution is -0.0308. The average molecular weight is 699 g/mol. The van der Waals surface area contributed by atoms with E-state index >= 15 is 0 Å². The lowest BCUT2D eigenvalue weighted by atomic mass is 9.78. The third-order valence-electron chi connectivity index (χ3n) is 9.49.